The molecular formula is C20H23ClN4. The van der Waals surface area contributed by atoms with Crippen LogP contribution in [-0.2, 0) is 6.42 Å². The monoisotopic (exact) mass is 354 g/mol. The van der Waals surface area contributed by atoms with Crippen LogP contribution in [0.2, 0.25) is 5.02 Å². The highest BCUT2D eigenvalue weighted by atomic mass is 35.5. The lowest BCUT2D eigenvalue weighted by molar-refractivity contribution is 0.255. The minimum atomic E-state index is 0.801. The van der Waals surface area contributed by atoms with Gasteiger partial charge in [-0.1, -0.05) is 17.7 Å². The molecule has 1 aliphatic heterocycles. The van der Waals surface area contributed by atoms with Gasteiger partial charge in [0, 0.05) is 55.0 Å². The van der Waals surface area contributed by atoms with Crippen LogP contribution in [0.5, 0.6) is 0 Å². The largest absolute Gasteiger partial charge is 0.369 e. The third kappa shape index (κ3) is 3.80. The number of aromatic nitrogens is 2. The number of benzene rings is 1. The Morgan fingerprint density at radius 3 is 2.56 bits per heavy atom. The van der Waals surface area contributed by atoms with Gasteiger partial charge in [0.25, 0.3) is 0 Å². The van der Waals surface area contributed by atoms with E-state index < -0.39 is 0 Å². The SMILES string of the molecule is Clc1ccc(N2CCN(CCCc3cnc4ccccn34)CC2)cc1. The molecule has 1 fully saturated rings. The number of rotatable bonds is 5. The molecule has 0 atom stereocenters. The third-order valence-corrected chi connectivity index (χ3v) is 5.22. The Balaban J connectivity index is 1.26. The molecule has 25 heavy (non-hydrogen) atoms. The summed E-state index contributed by atoms with van der Waals surface area (Å²) in [5.41, 5.74) is 3.61. The van der Waals surface area contributed by atoms with Gasteiger partial charge >= 0.3 is 0 Å². The van der Waals surface area contributed by atoms with Crippen LogP contribution in [0, 0.1) is 0 Å². The van der Waals surface area contributed by atoms with E-state index in [1.807, 2.05) is 24.4 Å². The van der Waals surface area contributed by atoms with E-state index in [1.54, 1.807) is 0 Å². The van der Waals surface area contributed by atoms with Crippen LogP contribution in [0.3, 0.4) is 0 Å². The highest BCUT2D eigenvalue weighted by Crippen LogP contribution is 2.19. The first-order valence-electron chi connectivity index (χ1n) is 8.93. The van der Waals surface area contributed by atoms with Gasteiger partial charge in [0.15, 0.2) is 0 Å². The summed E-state index contributed by atoms with van der Waals surface area (Å²) in [5.74, 6) is 0. The zero-order chi connectivity index (χ0) is 17.1. The molecular weight excluding hydrogens is 332 g/mol. The molecule has 1 saturated heterocycles. The minimum Gasteiger partial charge on any atom is -0.369 e. The van der Waals surface area contributed by atoms with Crippen molar-refractivity contribution >= 4 is 22.9 Å². The van der Waals surface area contributed by atoms with Gasteiger partial charge in [0.1, 0.15) is 5.65 Å². The molecule has 0 saturated carbocycles. The van der Waals surface area contributed by atoms with Gasteiger partial charge in [0.2, 0.25) is 0 Å². The van der Waals surface area contributed by atoms with Crippen molar-refractivity contribution in [3.8, 4) is 0 Å². The van der Waals surface area contributed by atoms with Crippen molar-refractivity contribution in [3.05, 3.63) is 65.6 Å². The number of hydrogen-bond donors (Lipinski definition) is 0. The first-order valence-corrected chi connectivity index (χ1v) is 9.31. The lowest BCUT2D eigenvalue weighted by Crippen LogP contribution is -2.46. The van der Waals surface area contributed by atoms with E-state index in [0.29, 0.717) is 0 Å². The highest BCUT2D eigenvalue weighted by Gasteiger charge is 2.17. The Hall–Kier alpha value is -2.04. The fourth-order valence-corrected chi connectivity index (χ4v) is 3.66. The zero-order valence-corrected chi connectivity index (χ0v) is 15.1. The molecule has 3 heterocycles. The van der Waals surface area contributed by atoms with E-state index in [0.717, 1.165) is 49.8 Å². The van der Waals surface area contributed by atoms with Crippen molar-refractivity contribution in [2.24, 2.45) is 0 Å². The number of pyridine rings is 1. The number of fused-ring (bicyclic) bond motifs is 1. The maximum atomic E-state index is 5.98. The molecule has 2 aromatic heterocycles. The molecule has 4 nitrogen and oxygen atoms in total. The van der Waals surface area contributed by atoms with Gasteiger partial charge in [0.05, 0.1) is 0 Å². The normalized spacial score (nSPS) is 15.8. The van der Waals surface area contributed by atoms with E-state index in [9.17, 15) is 0 Å². The summed E-state index contributed by atoms with van der Waals surface area (Å²) in [6.45, 7) is 5.55. The van der Waals surface area contributed by atoms with Gasteiger partial charge in [-0.05, 0) is 55.8 Å². The fraction of sp³-hybridized carbons (Fsp3) is 0.350. The third-order valence-electron chi connectivity index (χ3n) is 4.96. The summed E-state index contributed by atoms with van der Waals surface area (Å²) in [7, 11) is 0. The van der Waals surface area contributed by atoms with E-state index in [1.165, 1.54) is 17.8 Å². The average molecular weight is 355 g/mol. The Morgan fingerprint density at radius 1 is 0.960 bits per heavy atom. The van der Waals surface area contributed by atoms with Gasteiger partial charge < -0.3 is 9.30 Å². The first-order chi connectivity index (χ1) is 12.3. The Labute approximate surface area is 153 Å². The van der Waals surface area contributed by atoms with Crippen molar-refractivity contribution in [2.75, 3.05) is 37.6 Å². The maximum Gasteiger partial charge on any atom is 0.136 e. The average Bonchev–Trinajstić information content (AvgIpc) is 3.06. The van der Waals surface area contributed by atoms with Gasteiger partial charge in [-0.15, -0.1) is 0 Å². The first kappa shape index (κ1) is 16.4. The number of anilines is 1. The molecule has 1 aliphatic rings. The molecule has 1 aromatic carbocycles. The number of halogens is 1. The molecule has 0 radical (unpaired) electrons. The topological polar surface area (TPSA) is 23.8 Å². The second-order valence-electron chi connectivity index (χ2n) is 6.59. The van der Waals surface area contributed by atoms with Crippen LogP contribution in [0.1, 0.15) is 12.1 Å². The van der Waals surface area contributed by atoms with Gasteiger partial charge in [-0.2, -0.15) is 0 Å². The summed E-state index contributed by atoms with van der Waals surface area (Å²) in [4.78, 5) is 9.47. The van der Waals surface area contributed by atoms with E-state index >= 15 is 0 Å². The lowest BCUT2D eigenvalue weighted by Gasteiger charge is -2.36. The van der Waals surface area contributed by atoms with Crippen LogP contribution in [0.25, 0.3) is 5.65 Å². The molecule has 4 rings (SSSR count). The van der Waals surface area contributed by atoms with Gasteiger partial charge in [-0.3, -0.25) is 4.90 Å². The summed E-state index contributed by atoms with van der Waals surface area (Å²) in [6, 6.07) is 14.3. The van der Waals surface area contributed by atoms with Crippen molar-refractivity contribution in [3.63, 3.8) is 0 Å². The molecule has 0 spiro atoms. The minimum absolute atomic E-state index is 0.801. The molecule has 0 unspecified atom stereocenters. The molecule has 0 N–H and O–H groups in total. The predicted molar refractivity (Wildman–Crippen MR) is 104 cm³/mol. The maximum absolute atomic E-state index is 5.98. The van der Waals surface area contributed by atoms with Gasteiger partial charge in [-0.25, -0.2) is 4.98 Å². The van der Waals surface area contributed by atoms with Crippen molar-refractivity contribution in [1.29, 1.82) is 0 Å². The van der Waals surface area contributed by atoms with Crippen LogP contribution in [0.4, 0.5) is 5.69 Å². The summed E-state index contributed by atoms with van der Waals surface area (Å²) >= 11 is 5.98. The second kappa shape index (κ2) is 7.46. The quantitative estimate of drug-likeness (QED) is 0.697. The van der Waals surface area contributed by atoms with Crippen molar-refractivity contribution < 1.29 is 0 Å². The Morgan fingerprint density at radius 2 is 1.76 bits per heavy atom. The molecule has 0 aliphatic carbocycles. The van der Waals surface area contributed by atoms with Crippen LogP contribution >= 0.6 is 11.6 Å². The molecule has 5 heteroatoms. The van der Waals surface area contributed by atoms with Crippen molar-refractivity contribution in [1.82, 2.24) is 14.3 Å². The van der Waals surface area contributed by atoms with E-state index in [4.69, 9.17) is 11.6 Å². The number of hydrogen-bond acceptors (Lipinski definition) is 3. The van der Waals surface area contributed by atoms with Crippen LogP contribution < -0.4 is 4.90 Å². The highest BCUT2D eigenvalue weighted by molar-refractivity contribution is 6.30. The lowest BCUT2D eigenvalue weighted by atomic mass is 10.2. The smallest absolute Gasteiger partial charge is 0.136 e. The predicted octanol–water partition coefficient (Wildman–Crippen LogP) is 3.74. The number of imidazole rings is 1. The Bertz CT molecular complexity index is 819. The Kier molecular flexibility index (Phi) is 4.90. The van der Waals surface area contributed by atoms with Crippen LogP contribution in [-0.4, -0.2) is 47.0 Å². The van der Waals surface area contributed by atoms with E-state index in [-0.39, 0.29) is 0 Å². The molecule has 0 bridgehead atoms. The summed E-state index contributed by atoms with van der Waals surface area (Å²) in [5, 5.41) is 0.801. The zero-order valence-electron chi connectivity index (χ0n) is 14.3. The second-order valence-corrected chi connectivity index (χ2v) is 7.02. The number of piperazine rings is 1. The summed E-state index contributed by atoms with van der Waals surface area (Å²) in [6.07, 6.45) is 6.35. The molecule has 3 aromatic rings. The summed E-state index contributed by atoms with van der Waals surface area (Å²) < 4.78 is 2.19. The van der Waals surface area contributed by atoms with Crippen molar-refractivity contribution in [2.45, 2.75) is 12.8 Å². The molecule has 0 amide bonds. The van der Waals surface area contributed by atoms with Crippen LogP contribution in [0.15, 0.2) is 54.9 Å². The van der Waals surface area contributed by atoms with E-state index in [2.05, 4.69) is 49.6 Å². The number of nitrogens with zero attached hydrogens (tertiary/aromatic N) is 4. The molecule has 130 valence electrons. The fourth-order valence-electron chi connectivity index (χ4n) is 3.54. The standard InChI is InChI=1S/C20H23ClN4/c21-17-6-8-18(9-7-17)24-14-12-23(13-15-24)10-3-4-19-16-22-20-5-1-2-11-25(19)20/h1-2,5-9,11,16H,3-4,10,12-15H2. The number of aryl methyl sites for hydroxylation is 1.